The molecule has 0 atom stereocenters. The van der Waals surface area contributed by atoms with Gasteiger partial charge in [-0.05, 0) is 23.8 Å². The molecule has 0 saturated heterocycles. The highest BCUT2D eigenvalue weighted by Gasteiger charge is 2.21. The number of rotatable bonds is 5. The first-order valence-corrected chi connectivity index (χ1v) is 8.63. The van der Waals surface area contributed by atoms with E-state index in [-0.39, 0.29) is 12.4 Å². The number of hydrogen-bond acceptors (Lipinski definition) is 3. The van der Waals surface area contributed by atoms with Crippen LogP contribution in [0.4, 0.5) is 0 Å². The van der Waals surface area contributed by atoms with Crippen LogP contribution in [0.3, 0.4) is 0 Å². The minimum absolute atomic E-state index is 0.242. The van der Waals surface area contributed by atoms with E-state index in [1.165, 1.54) is 0 Å². The Hall–Kier alpha value is -3.60. The zero-order chi connectivity index (χ0) is 18.8. The number of aromatic nitrogens is 2. The van der Waals surface area contributed by atoms with Crippen molar-refractivity contribution in [2.24, 2.45) is 7.05 Å². The molecule has 0 amide bonds. The van der Waals surface area contributed by atoms with E-state index in [4.69, 9.17) is 4.74 Å². The van der Waals surface area contributed by atoms with Crippen molar-refractivity contribution in [2.45, 2.75) is 0 Å². The van der Waals surface area contributed by atoms with Crippen LogP contribution < -0.4 is 0 Å². The van der Waals surface area contributed by atoms with E-state index in [9.17, 15) is 9.59 Å². The summed E-state index contributed by atoms with van der Waals surface area (Å²) in [5, 5.41) is 0.816. The Morgan fingerprint density at radius 2 is 1.70 bits per heavy atom. The van der Waals surface area contributed by atoms with E-state index in [0.29, 0.717) is 11.3 Å². The number of aryl methyl sites for hydroxylation is 1. The summed E-state index contributed by atoms with van der Waals surface area (Å²) in [4.78, 5) is 28.5. The average Bonchev–Trinajstić information content (AvgIpc) is 3.30. The molecule has 134 valence electrons. The highest BCUT2D eigenvalue weighted by atomic mass is 16.5. The Morgan fingerprint density at radius 3 is 2.44 bits per heavy atom. The number of ketones is 1. The van der Waals surface area contributed by atoms with Crippen molar-refractivity contribution in [3.05, 3.63) is 84.2 Å². The maximum Gasteiger partial charge on any atom is 0.355 e. The SMILES string of the molecule is Cn1cccc1C(=O)OCC(=O)c1c(-c2ccccc2)[nH]c2ccccc12. The second kappa shape index (κ2) is 6.96. The Balaban J connectivity index is 1.67. The fourth-order valence-electron chi connectivity index (χ4n) is 3.20. The van der Waals surface area contributed by atoms with Crippen LogP contribution in [-0.4, -0.2) is 27.9 Å². The monoisotopic (exact) mass is 358 g/mol. The number of ether oxygens (including phenoxy) is 1. The minimum Gasteiger partial charge on any atom is -0.453 e. The van der Waals surface area contributed by atoms with E-state index in [2.05, 4.69) is 4.98 Å². The predicted octanol–water partition coefficient (Wildman–Crippen LogP) is 4.21. The first kappa shape index (κ1) is 16.8. The molecule has 2 aromatic carbocycles. The molecular weight excluding hydrogens is 340 g/mol. The largest absolute Gasteiger partial charge is 0.453 e. The Kier molecular flexibility index (Phi) is 4.34. The molecule has 0 bridgehead atoms. The number of carbonyl (C=O) groups excluding carboxylic acids is 2. The molecule has 2 aromatic heterocycles. The van der Waals surface area contributed by atoms with E-state index >= 15 is 0 Å². The normalized spacial score (nSPS) is 10.9. The van der Waals surface area contributed by atoms with E-state index in [0.717, 1.165) is 22.2 Å². The average molecular weight is 358 g/mol. The molecule has 0 unspecified atom stereocenters. The molecule has 0 aliphatic rings. The molecule has 0 spiro atoms. The number of carbonyl (C=O) groups is 2. The third-order valence-corrected chi connectivity index (χ3v) is 4.53. The van der Waals surface area contributed by atoms with Gasteiger partial charge in [0.1, 0.15) is 5.69 Å². The molecule has 0 saturated carbocycles. The summed E-state index contributed by atoms with van der Waals surface area (Å²) >= 11 is 0. The first-order valence-electron chi connectivity index (χ1n) is 8.63. The molecular formula is C22H18N2O3. The van der Waals surface area contributed by atoms with Gasteiger partial charge >= 0.3 is 5.97 Å². The van der Waals surface area contributed by atoms with E-state index in [1.807, 2.05) is 54.6 Å². The van der Waals surface area contributed by atoms with Crippen LogP contribution in [0.25, 0.3) is 22.2 Å². The van der Waals surface area contributed by atoms with Gasteiger partial charge in [0.2, 0.25) is 5.78 Å². The third kappa shape index (κ3) is 3.15. The van der Waals surface area contributed by atoms with Crippen molar-refractivity contribution < 1.29 is 14.3 Å². The Morgan fingerprint density at radius 1 is 0.963 bits per heavy atom. The molecule has 1 N–H and O–H groups in total. The van der Waals surface area contributed by atoms with Crippen molar-refractivity contribution >= 4 is 22.7 Å². The maximum atomic E-state index is 13.0. The van der Waals surface area contributed by atoms with Crippen molar-refractivity contribution in [1.82, 2.24) is 9.55 Å². The van der Waals surface area contributed by atoms with Gasteiger partial charge in [0, 0.05) is 24.1 Å². The lowest BCUT2D eigenvalue weighted by Crippen LogP contribution is -2.16. The van der Waals surface area contributed by atoms with Crippen molar-refractivity contribution in [3.8, 4) is 11.3 Å². The number of nitrogens with zero attached hydrogens (tertiary/aromatic N) is 1. The number of aromatic amines is 1. The number of nitrogens with one attached hydrogen (secondary N) is 1. The summed E-state index contributed by atoms with van der Waals surface area (Å²) in [6, 6.07) is 20.7. The Bertz CT molecular complexity index is 1120. The van der Waals surface area contributed by atoms with Crippen molar-refractivity contribution in [3.63, 3.8) is 0 Å². The van der Waals surface area contributed by atoms with E-state index < -0.39 is 5.97 Å². The number of benzene rings is 2. The lowest BCUT2D eigenvalue weighted by Gasteiger charge is -2.07. The number of fused-ring (bicyclic) bond motifs is 1. The second-order valence-electron chi connectivity index (χ2n) is 6.29. The number of H-pyrrole nitrogens is 1. The molecule has 4 aromatic rings. The molecule has 0 aliphatic carbocycles. The first-order chi connectivity index (χ1) is 13.1. The van der Waals surface area contributed by atoms with Gasteiger partial charge in [0.15, 0.2) is 6.61 Å². The standard InChI is InChI=1S/C22H18N2O3/c1-24-13-7-12-18(24)22(26)27-14-19(25)20-16-10-5-6-11-17(16)23-21(20)15-8-3-2-4-9-15/h2-13,23H,14H2,1H3. The van der Waals surface area contributed by atoms with Gasteiger partial charge in [-0.25, -0.2) is 4.79 Å². The van der Waals surface area contributed by atoms with Crippen LogP contribution in [0.1, 0.15) is 20.8 Å². The van der Waals surface area contributed by atoms with Crippen LogP contribution in [0.5, 0.6) is 0 Å². The van der Waals surface area contributed by atoms with Crippen LogP contribution in [0.15, 0.2) is 72.9 Å². The molecule has 27 heavy (non-hydrogen) atoms. The van der Waals surface area contributed by atoms with Gasteiger partial charge < -0.3 is 14.3 Å². The molecule has 5 heteroatoms. The van der Waals surface area contributed by atoms with Crippen LogP contribution in [0.2, 0.25) is 0 Å². The lowest BCUT2D eigenvalue weighted by atomic mass is 10.0. The zero-order valence-corrected chi connectivity index (χ0v) is 14.8. The number of Topliss-reactive ketones (excluding diaryl/α,β-unsaturated/α-hetero) is 1. The lowest BCUT2D eigenvalue weighted by molar-refractivity contribution is 0.0466. The fraction of sp³-hybridized carbons (Fsp3) is 0.0909. The van der Waals surface area contributed by atoms with Gasteiger partial charge in [-0.15, -0.1) is 0 Å². The molecule has 0 radical (unpaired) electrons. The van der Waals surface area contributed by atoms with Gasteiger partial charge in [0.05, 0.1) is 11.3 Å². The van der Waals surface area contributed by atoms with E-state index in [1.54, 1.807) is 29.9 Å². The van der Waals surface area contributed by atoms with Crippen LogP contribution in [0, 0.1) is 0 Å². The number of para-hydroxylation sites is 1. The highest BCUT2D eigenvalue weighted by molar-refractivity contribution is 6.14. The van der Waals surface area contributed by atoms with Crippen molar-refractivity contribution in [2.75, 3.05) is 6.61 Å². The summed E-state index contributed by atoms with van der Waals surface area (Å²) < 4.78 is 6.93. The quantitative estimate of drug-likeness (QED) is 0.429. The topological polar surface area (TPSA) is 64.1 Å². The zero-order valence-electron chi connectivity index (χ0n) is 14.8. The molecule has 0 aliphatic heterocycles. The second-order valence-corrected chi connectivity index (χ2v) is 6.29. The summed E-state index contributed by atoms with van der Waals surface area (Å²) in [6.07, 6.45) is 1.76. The van der Waals surface area contributed by atoms with Crippen LogP contribution >= 0.6 is 0 Å². The smallest absolute Gasteiger partial charge is 0.355 e. The fourth-order valence-corrected chi connectivity index (χ4v) is 3.20. The van der Waals surface area contributed by atoms with Crippen LogP contribution in [-0.2, 0) is 11.8 Å². The van der Waals surface area contributed by atoms with Gasteiger partial charge in [-0.2, -0.15) is 0 Å². The van der Waals surface area contributed by atoms with Gasteiger partial charge in [0.25, 0.3) is 0 Å². The number of hydrogen-bond donors (Lipinski definition) is 1. The minimum atomic E-state index is -0.517. The highest BCUT2D eigenvalue weighted by Crippen LogP contribution is 2.30. The summed E-state index contributed by atoms with van der Waals surface area (Å²) in [5.74, 6) is -0.759. The molecule has 5 nitrogen and oxygen atoms in total. The summed E-state index contributed by atoms with van der Waals surface area (Å²) in [7, 11) is 1.76. The summed E-state index contributed by atoms with van der Waals surface area (Å²) in [5.41, 5.74) is 3.46. The van der Waals surface area contributed by atoms with Gasteiger partial charge in [-0.3, -0.25) is 4.79 Å². The molecule has 2 heterocycles. The van der Waals surface area contributed by atoms with Crippen molar-refractivity contribution in [1.29, 1.82) is 0 Å². The predicted molar refractivity (Wildman–Crippen MR) is 104 cm³/mol. The summed E-state index contributed by atoms with van der Waals surface area (Å²) in [6.45, 7) is -0.314. The third-order valence-electron chi connectivity index (χ3n) is 4.53. The molecule has 0 fully saturated rings. The Labute approximate surface area is 156 Å². The van der Waals surface area contributed by atoms with Gasteiger partial charge in [-0.1, -0.05) is 48.5 Å². The maximum absolute atomic E-state index is 13.0. The molecule has 4 rings (SSSR count). The number of esters is 1.